The van der Waals surface area contributed by atoms with Crippen LogP contribution in [0.15, 0.2) is 54.9 Å². The summed E-state index contributed by atoms with van der Waals surface area (Å²) in [6, 6.07) is 12.8. The van der Waals surface area contributed by atoms with Gasteiger partial charge in [-0.3, -0.25) is 19.5 Å². The first kappa shape index (κ1) is 13.3. The molecule has 1 fully saturated rings. The van der Waals surface area contributed by atoms with E-state index in [1.807, 2.05) is 30.3 Å². The molecular formula is C16H15N3O2. The van der Waals surface area contributed by atoms with Gasteiger partial charge < -0.3 is 5.32 Å². The smallest absolute Gasteiger partial charge is 0.257 e. The maximum Gasteiger partial charge on any atom is 0.257 e. The van der Waals surface area contributed by atoms with Gasteiger partial charge in [-0.1, -0.05) is 30.3 Å². The van der Waals surface area contributed by atoms with E-state index in [0.717, 1.165) is 5.56 Å². The van der Waals surface area contributed by atoms with Gasteiger partial charge in [0.2, 0.25) is 5.91 Å². The van der Waals surface area contributed by atoms with Gasteiger partial charge in [0.15, 0.2) is 0 Å². The van der Waals surface area contributed by atoms with Crippen LogP contribution in [-0.4, -0.2) is 23.3 Å². The van der Waals surface area contributed by atoms with Gasteiger partial charge >= 0.3 is 0 Å². The Kier molecular flexibility index (Phi) is 3.17. The monoisotopic (exact) mass is 281 g/mol. The van der Waals surface area contributed by atoms with Crippen LogP contribution in [0.3, 0.4) is 0 Å². The lowest BCUT2D eigenvalue weighted by Crippen LogP contribution is -2.63. The second-order valence-corrected chi connectivity index (χ2v) is 5.14. The van der Waals surface area contributed by atoms with E-state index in [4.69, 9.17) is 0 Å². The zero-order valence-corrected chi connectivity index (χ0v) is 11.6. The van der Waals surface area contributed by atoms with Gasteiger partial charge in [0.05, 0.1) is 11.9 Å². The number of carbonyl (C=O) groups is 2. The standard InChI is InChI=1S/C16H15N3O2/c1-16(12-6-3-2-4-7-12)15(21)19(11-14(20)18-16)13-8-5-9-17-10-13/h2-10H,11H2,1H3,(H,18,20). The van der Waals surface area contributed by atoms with Crippen molar-refractivity contribution in [2.24, 2.45) is 0 Å². The van der Waals surface area contributed by atoms with Crippen LogP contribution in [0.5, 0.6) is 0 Å². The highest BCUT2D eigenvalue weighted by atomic mass is 16.2. The number of carbonyl (C=O) groups excluding carboxylic acids is 2. The summed E-state index contributed by atoms with van der Waals surface area (Å²) in [4.78, 5) is 30.4. The summed E-state index contributed by atoms with van der Waals surface area (Å²) >= 11 is 0. The average molecular weight is 281 g/mol. The summed E-state index contributed by atoms with van der Waals surface area (Å²) in [7, 11) is 0. The SMILES string of the molecule is CC1(c2ccccc2)NC(=O)CN(c2cccnc2)C1=O. The zero-order chi connectivity index (χ0) is 14.9. The quantitative estimate of drug-likeness (QED) is 0.906. The fourth-order valence-corrected chi connectivity index (χ4v) is 2.55. The molecule has 1 aliphatic heterocycles. The molecule has 5 nitrogen and oxygen atoms in total. The van der Waals surface area contributed by atoms with Crippen LogP contribution >= 0.6 is 0 Å². The van der Waals surface area contributed by atoms with Crippen LogP contribution in [0, 0.1) is 0 Å². The molecule has 0 spiro atoms. The van der Waals surface area contributed by atoms with E-state index in [9.17, 15) is 9.59 Å². The predicted molar refractivity (Wildman–Crippen MR) is 78.5 cm³/mol. The Hall–Kier alpha value is -2.69. The molecule has 0 bridgehead atoms. The summed E-state index contributed by atoms with van der Waals surface area (Å²) in [6.07, 6.45) is 3.22. The van der Waals surface area contributed by atoms with Gasteiger partial charge in [-0.25, -0.2) is 0 Å². The summed E-state index contributed by atoms with van der Waals surface area (Å²) in [6.45, 7) is 1.73. The minimum absolute atomic E-state index is 0.00690. The highest BCUT2D eigenvalue weighted by Gasteiger charge is 2.44. The molecule has 106 valence electrons. The second kappa shape index (κ2) is 5.01. The van der Waals surface area contributed by atoms with Crippen LogP contribution in [0.2, 0.25) is 0 Å². The van der Waals surface area contributed by atoms with Crippen LogP contribution in [0.1, 0.15) is 12.5 Å². The van der Waals surface area contributed by atoms with Crippen LogP contribution in [0.4, 0.5) is 5.69 Å². The number of benzene rings is 1. The topological polar surface area (TPSA) is 62.3 Å². The minimum Gasteiger partial charge on any atom is -0.337 e. The predicted octanol–water partition coefficient (Wildman–Crippen LogP) is 1.46. The van der Waals surface area contributed by atoms with E-state index in [-0.39, 0.29) is 18.4 Å². The highest BCUT2D eigenvalue weighted by Crippen LogP contribution is 2.28. The number of hydrogen-bond donors (Lipinski definition) is 1. The first-order chi connectivity index (χ1) is 10.1. The maximum atomic E-state index is 12.9. The first-order valence-corrected chi connectivity index (χ1v) is 6.70. The van der Waals surface area contributed by atoms with Gasteiger partial charge in [-0.05, 0) is 24.6 Å². The molecule has 1 aromatic carbocycles. The summed E-state index contributed by atoms with van der Waals surface area (Å²) in [5.74, 6) is -0.355. The number of aromatic nitrogens is 1. The number of nitrogens with one attached hydrogen (secondary N) is 1. The third-order valence-corrected chi connectivity index (χ3v) is 3.67. The number of anilines is 1. The maximum absolute atomic E-state index is 12.9. The summed E-state index contributed by atoms with van der Waals surface area (Å²) in [5.41, 5.74) is 0.323. The molecule has 0 saturated carbocycles. The van der Waals surface area contributed by atoms with E-state index in [0.29, 0.717) is 5.69 Å². The molecule has 3 rings (SSSR count). The molecule has 0 radical (unpaired) electrons. The van der Waals surface area contributed by atoms with Crippen molar-refractivity contribution in [2.45, 2.75) is 12.5 Å². The summed E-state index contributed by atoms with van der Waals surface area (Å²) < 4.78 is 0. The Morgan fingerprint density at radius 1 is 1.14 bits per heavy atom. The molecule has 2 heterocycles. The average Bonchev–Trinajstić information content (AvgIpc) is 2.52. The van der Waals surface area contributed by atoms with E-state index in [1.165, 1.54) is 4.90 Å². The Balaban J connectivity index is 2.03. The van der Waals surface area contributed by atoms with Crippen molar-refractivity contribution in [3.8, 4) is 0 Å². The molecule has 1 N–H and O–H groups in total. The Morgan fingerprint density at radius 3 is 2.57 bits per heavy atom. The lowest BCUT2D eigenvalue weighted by atomic mass is 9.88. The number of hydrogen-bond acceptors (Lipinski definition) is 3. The van der Waals surface area contributed by atoms with Gasteiger partial charge in [0.25, 0.3) is 5.91 Å². The molecule has 1 aliphatic rings. The lowest BCUT2D eigenvalue weighted by molar-refractivity contribution is -0.135. The third-order valence-electron chi connectivity index (χ3n) is 3.67. The molecule has 2 amide bonds. The lowest BCUT2D eigenvalue weighted by Gasteiger charge is -2.39. The largest absolute Gasteiger partial charge is 0.337 e. The van der Waals surface area contributed by atoms with Crippen LogP contribution in [0.25, 0.3) is 0 Å². The van der Waals surface area contributed by atoms with Crippen LogP contribution < -0.4 is 10.2 Å². The molecule has 21 heavy (non-hydrogen) atoms. The van der Waals surface area contributed by atoms with E-state index >= 15 is 0 Å². The fraction of sp³-hybridized carbons (Fsp3) is 0.188. The third kappa shape index (κ3) is 2.27. The van der Waals surface area contributed by atoms with E-state index in [2.05, 4.69) is 10.3 Å². The molecule has 2 aromatic rings. The van der Waals surface area contributed by atoms with Gasteiger partial charge in [-0.2, -0.15) is 0 Å². The van der Waals surface area contributed by atoms with Gasteiger partial charge in [0, 0.05) is 6.20 Å². The Labute approximate surface area is 122 Å². The number of piperazine rings is 1. The first-order valence-electron chi connectivity index (χ1n) is 6.70. The molecule has 1 unspecified atom stereocenters. The zero-order valence-electron chi connectivity index (χ0n) is 11.6. The molecule has 5 heteroatoms. The summed E-state index contributed by atoms with van der Waals surface area (Å²) in [5, 5.41) is 2.81. The highest BCUT2D eigenvalue weighted by molar-refractivity contribution is 6.09. The molecule has 1 atom stereocenters. The van der Waals surface area contributed by atoms with Crippen molar-refractivity contribution in [3.63, 3.8) is 0 Å². The van der Waals surface area contributed by atoms with Crippen LogP contribution in [-0.2, 0) is 15.1 Å². The van der Waals surface area contributed by atoms with Crippen molar-refractivity contribution in [3.05, 3.63) is 60.4 Å². The number of nitrogens with zero attached hydrogens (tertiary/aromatic N) is 2. The Morgan fingerprint density at radius 2 is 1.90 bits per heavy atom. The Bertz CT molecular complexity index is 672. The van der Waals surface area contributed by atoms with Gasteiger partial charge in [-0.15, -0.1) is 0 Å². The molecular weight excluding hydrogens is 266 g/mol. The van der Waals surface area contributed by atoms with Crippen molar-refractivity contribution >= 4 is 17.5 Å². The second-order valence-electron chi connectivity index (χ2n) is 5.14. The van der Waals surface area contributed by atoms with E-state index in [1.54, 1.807) is 31.5 Å². The van der Waals surface area contributed by atoms with E-state index < -0.39 is 5.54 Å². The van der Waals surface area contributed by atoms with Crippen molar-refractivity contribution in [1.29, 1.82) is 0 Å². The minimum atomic E-state index is -1.06. The number of rotatable bonds is 2. The number of amides is 2. The van der Waals surface area contributed by atoms with Crippen molar-refractivity contribution in [2.75, 3.05) is 11.4 Å². The van der Waals surface area contributed by atoms with Crippen molar-refractivity contribution < 1.29 is 9.59 Å². The number of pyridine rings is 1. The normalized spacial score (nSPS) is 22.0. The molecule has 1 aromatic heterocycles. The fourth-order valence-electron chi connectivity index (χ4n) is 2.55. The molecule has 1 saturated heterocycles. The molecule has 0 aliphatic carbocycles. The van der Waals surface area contributed by atoms with Crippen molar-refractivity contribution in [1.82, 2.24) is 10.3 Å². The van der Waals surface area contributed by atoms with Gasteiger partial charge in [0.1, 0.15) is 12.1 Å².